The summed E-state index contributed by atoms with van der Waals surface area (Å²) in [5.41, 5.74) is 6.07. The molecule has 0 aromatic heterocycles. The van der Waals surface area contributed by atoms with Gasteiger partial charge in [0.25, 0.3) is 0 Å². The lowest BCUT2D eigenvalue weighted by molar-refractivity contribution is 0.214. The first kappa shape index (κ1) is 7.80. The van der Waals surface area contributed by atoms with E-state index in [1.165, 1.54) is 19.3 Å². The minimum absolute atomic E-state index is 0.413. The van der Waals surface area contributed by atoms with Crippen LogP contribution in [0.25, 0.3) is 0 Å². The number of rotatable bonds is 3. The minimum atomic E-state index is 0.413. The van der Waals surface area contributed by atoms with E-state index in [0.717, 1.165) is 13.0 Å². The molecule has 0 spiro atoms. The van der Waals surface area contributed by atoms with Crippen LogP contribution in [0.3, 0.4) is 0 Å². The first-order chi connectivity index (χ1) is 4.83. The van der Waals surface area contributed by atoms with Crippen molar-refractivity contribution in [1.29, 1.82) is 0 Å². The Labute approximate surface area is 63.3 Å². The third-order valence-corrected chi connectivity index (χ3v) is 2.46. The smallest absolute Gasteiger partial charge is 0.00142 e. The molecule has 2 N–H and O–H groups in total. The van der Waals surface area contributed by atoms with Crippen molar-refractivity contribution in [3.63, 3.8) is 0 Å². The van der Waals surface area contributed by atoms with Crippen molar-refractivity contribution in [3.05, 3.63) is 12.2 Å². The standard InChI is InChI=1S/C9H17N/c1-2-3-5-9(8-10)6-4-7-9/h3,5H,2,4,6-8,10H2,1H3/b5-3+. The Balaban J connectivity index is 2.40. The summed E-state index contributed by atoms with van der Waals surface area (Å²) in [7, 11) is 0. The molecule has 0 atom stereocenters. The van der Waals surface area contributed by atoms with E-state index in [9.17, 15) is 0 Å². The van der Waals surface area contributed by atoms with Crippen molar-refractivity contribution in [2.75, 3.05) is 6.54 Å². The van der Waals surface area contributed by atoms with E-state index in [-0.39, 0.29) is 0 Å². The van der Waals surface area contributed by atoms with E-state index in [0.29, 0.717) is 5.41 Å². The van der Waals surface area contributed by atoms with Crippen LogP contribution in [0.4, 0.5) is 0 Å². The molecule has 1 rings (SSSR count). The highest BCUT2D eigenvalue weighted by molar-refractivity contribution is 5.05. The summed E-state index contributed by atoms with van der Waals surface area (Å²) >= 11 is 0. The molecule has 0 radical (unpaired) electrons. The highest BCUT2D eigenvalue weighted by Crippen LogP contribution is 2.41. The van der Waals surface area contributed by atoms with E-state index in [4.69, 9.17) is 5.73 Å². The highest BCUT2D eigenvalue weighted by Gasteiger charge is 2.32. The molecule has 58 valence electrons. The van der Waals surface area contributed by atoms with Gasteiger partial charge in [0.15, 0.2) is 0 Å². The van der Waals surface area contributed by atoms with Crippen molar-refractivity contribution >= 4 is 0 Å². The van der Waals surface area contributed by atoms with Gasteiger partial charge in [-0.05, 0) is 19.3 Å². The molecule has 0 unspecified atom stereocenters. The summed E-state index contributed by atoms with van der Waals surface area (Å²) in [4.78, 5) is 0. The van der Waals surface area contributed by atoms with E-state index in [1.807, 2.05) is 0 Å². The van der Waals surface area contributed by atoms with E-state index in [2.05, 4.69) is 19.1 Å². The lowest BCUT2D eigenvalue weighted by atomic mass is 9.69. The molecule has 0 aliphatic heterocycles. The first-order valence-corrected chi connectivity index (χ1v) is 4.21. The van der Waals surface area contributed by atoms with Gasteiger partial charge in [-0.1, -0.05) is 25.5 Å². The van der Waals surface area contributed by atoms with Gasteiger partial charge >= 0.3 is 0 Å². The number of hydrogen-bond acceptors (Lipinski definition) is 1. The maximum atomic E-state index is 5.66. The van der Waals surface area contributed by atoms with Crippen LogP contribution in [0.5, 0.6) is 0 Å². The predicted molar refractivity (Wildman–Crippen MR) is 44.8 cm³/mol. The molecule has 1 aliphatic rings. The fourth-order valence-corrected chi connectivity index (χ4v) is 1.44. The summed E-state index contributed by atoms with van der Waals surface area (Å²) in [5.74, 6) is 0. The van der Waals surface area contributed by atoms with Crippen LogP contribution in [0.2, 0.25) is 0 Å². The molecule has 1 fully saturated rings. The largest absolute Gasteiger partial charge is 0.330 e. The molecule has 0 saturated heterocycles. The topological polar surface area (TPSA) is 26.0 Å². The van der Waals surface area contributed by atoms with Crippen molar-refractivity contribution < 1.29 is 0 Å². The van der Waals surface area contributed by atoms with Gasteiger partial charge in [0, 0.05) is 12.0 Å². The Hall–Kier alpha value is -0.300. The monoisotopic (exact) mass is 139 g/mol. The summed E-state index contributed by atoms with van der Waals surface area (Å²) in [6, 6.07) is 0. The molecule has 0 bridgehead atoms. The van der Waals surface area contributed by atoms with Crippen LogP contribution in [-0.2, 0) is 0 Å². The second-order valence-electron chi connectivity index (χ2n) is 3.23. The van der Waals surface area contributed by atoms with Gasteiger partial charge in [-0.15, -0.1) is 0 Å². The molecule has 0 heterocycles. The Morgan fingerprint density at radius 2 is 2.20 bits per heavy atom. The Morgan fingerprint density at radius 3 is 2.50 bits per heavy atom. The second-order valence-corrected chi connectivity index (χ2v) is 3.23. The minimum Gasteiger partial charge on any atom is -0.330 e. The van der Waals surface area contributed by atoms with Gasteiger partial charge in [-0.3, -0.25) is 0 Å². The maximum Gasteiger partial charge on any atom is 0.00142 e. The maximum absolute atomic E-state index is 5.66. The lowest BCUT2D eigenvalue weighted by Crippen LogP contribution is -2.35. The SMILES string of the molecule is CC/C=C/C1(CN)CCC1. The zero-order chi connectivity index (χ0) is 7.45. The average Bonchev–Trinajstić information content (AvgIpc) is 1.87. The molecule has 10 heavy (non-hydrogen) atoms. The van der Waals surface area contributed by atoms with Crippen LogP contribution >= 0.6 is 0 Å². The van der Waals surface area contributed by atoms with Crippen molar-refractivity contribution in [3.8, 4) is 0 Å². The molecular formula is C9H17N. The molecule has 0 aromatic carbocycles. The Morgan fingerprint density at radius 1 is 1.50 bits per heavy atom. The number of hydrogen-bond donors (Lipinski definition) is 1. The van der Waals surface area contributed by atoms with Crippen LogP contribution in [0.1, 0.15) is 32.6 Å². The second kappa shape index (κ2) is 3.20. The van der Waals surface area contributed by atoms with Crippen molar-refractivity contribution in [2.45, 2.75) is 32.6 Å². The number of nitrogens with two attached hydrogens (primary N) is 1. The Bertz CT molecular complexity index is 117. The third kappa shape index (κ3) is 1.40. The molecule has 1 nitrogen and oxygen atoms in total. The van der Waals surface area contributed by atoms with E-state index in [1.54, 1.807) is 0 Å². The molecule has 1 aliphatic carbocycles. The summed E-state index contributed by atoms with van der Waals surface area (Å²) in [6.45, 7) is 3.00. The average molecular weight is 139 g/mol. The van der Waals surface area contributed by atoms with Crippen LogP contribution in [0.15, 0.2) is 12.2 Å². The van der Waals surface area contributed by atoms with E-state index >= 15 is 0 Å². The van der Waals surface area contributed by atoms with Gasteiger partial charge < -0.3 is 5.73 Å². The molecule has 0 amide bonds. The van der Waals surface area contributed by atoms with Crippen LogP contribution in [0, 0.1) is 5.41 Å². The lowest BCUT2D eigenvalue weighted by Gasteiger charge is -2.38. The van der Waals surface area contributed by atoms with Gasteiger partial charge in [-0.25, -0.2) is 0 Å². The fraction of sp³-hybridized carbons (Fsp3) is 0.778. The van der Waals surface area contributed by atoms with Gasteiger partial charge in [0.2, 0.25) is 0 Å². The summed E-state index contributed by atoms with van der Waals surface area (Å²) in [5, 5.41) is 0. The van der Waals surface area contributed by atoms with Gasteiger partial charge in [0.1, 0.15) is 0 Å². The summed E-state index contributed by atoms with van der Waals surface area (Å²) < 4.78 is 0. The quantitative estimate of drug-likeness (QED) is 0.595. The summed E-state index contributed by atoms with van der Waals surface area (Å²) in [6.07, 6.45) is 9.68. The van der Waals surface area contributed by atoms with Crippen molar-refractivity contribution in [2.24, 2.45) is 11.1 Å². The van der Waals surface area contributed by atoms with E-state index < -0.39 is 0 Å². The zero-order valence-electron chi connectivity index (χ0n) is 6.77. The van der Waals surface area contributed by atoms with Crippen LogP contribution < -0.4 is 5.73 Å². The van der Waals surface area contributed by atoms with Gasteiger partial charge in [0.05, 0.1) is 0 Å². The van der Waals surface area contributed by atoms with Gasteiger partial charge in [-0.2, -0.15) is 0 Å². The van der Waals surface area contributed by atoms with Crippen LogP contribution in [-0.4, -0.2) is 6.54 Å². The molecular weight excluding hydrogens is 122 g/mol. The van der Waals surface area contributed by atoms with Crippen molar-refractivity contribution in [1.82, 2.24) is 0 Å². The highest BCUT2D eigenvalue weighted by atomic mass is 14.6. The zero-order valence-corrected chi connectivity index (χ0v) is 6.77. The fourth-order valence-electron chi connectivity index (χ4n) is 1.44. The third-order valence-electron chi connectivity index (χ3n) is 2.46. The predicted octanol–water partition coefficient (Wildman–Crippen LogP) is 2.08. The Kier molecular flexibility index (Phi) is 2.50. The molecule has 1 saturated carbocycles. The number of allylic oxidation sites excluding steroid dienone is 1. The first-order valence-electron chi connectivity index (χ1n) is 4.21. The molecule has 1 heteroatoms. The normalized spacial score (nSPS) is 23.0. The molecule has 0 aromatic rings.